The molecule has 0 bridgehead atoms. The number of para-hydroxylation sites is 2. The van der Waals surface area contributed by atoms with Crippen molar-refractivity contribution >= 4 is 37.4 Å². The number of anilines is 2. The normalized spacial score (nSPS) is 14.7. The summed E-state index contributed by atoms with van der Waals surface area (Å²) in [5.74, 6) is 3.69. The zero-order valence-corrected chi connectivity index (χ0v) is 36.1. The Kier molecular flexibility index (Phi) is 16.6. The van der Waals surface area contributed by atoms with Gasteiger partial charge in [0.1, 0.15) is 0 Å². The molecule has 4 aromatic carbocycles. The number of sulfonamides is 2. The lowest BCUT2D eigenvalue weighted by atomic mass is 10.1. The fourth-order valence-electron chi connectivity index (χ4n) is 7.40. The summed E-state index contributed by atoms with van der Waals surface area (Å²) in [6, 6.07) is 31.4. The van der Waals surface area contributed by atoms with Crippen LogP contribution in [-0.2, 0) is 38.0 Å². The molecule has 332 valence electrons. The monoisotopic (exact) mass is 893 g/mol. The highest BCUT2D eigenvalue weighted by molar-refractivity contribution is 7.93. The molecule has 0 radical (unpaired) electrons. The predicted octanol–water partition coefficient (Wildman–Crippen LogP) is 7.04. The lowest BCUT2D eigenvalue weighted by Gasteiger charge is -2.25. The number of carbonyl (C=O) groups excluding carboxylic acids is 1. The molecular formula is C44H53F2N7O7S2. The lowest BCUT2D eigenvalue weighted by molar-refractivity contribution is 0.0503. The third kappa shape index (κ3) is 13.1. The average Bonchev–Trinajstić information content (AvgIpc) is 4.11. The van der Waals surface area contributed by atoms with Gasteiger partial charge in [0.2, 0.25) is 25.9 Å². The van der Waals surface area contributed by atoms with Gasteiger partial charge in [-0.05, 0) is 137 Å². The maximum absolute atomic E-state index is 13.3. The summed E-state index contributed by atoms with van der Waals surface area (Å²) in [6.45, 7) is 6.11. The Hall–Kier alpha value is -5.27. The van der Waals surface area contributed by atoms with Crippen molar-refractivity contribution in [3.8, 4) is 11.5 Å². The molecule has 5 aromatic rings. The summed E-state index contributed by atoms with van der Waals surface area (Å²) in [5.41, 5.74) is 3.54. The fraction of sp³-hybridized carbons (Fsp3) is 0.386. The van der Waals surface area contributed by atoms with Crippen molar-refractivity contribution in [2.45, 2.75) is 58.0 Å². The van der Waals surface area contributed by atoms with E-state index in [9.17, 15) is 30.4 Å². The van der Waals surface area contributed by atoms with E-state index in [-0.39, 0.29) is 30.5 Å². The molecule has 14 nitrogen and oxygen atoms in total. The van der Waals surface area contributed by atoms with Crippen LogP contribution in [0.5, 0.6) is 0 Å². The molecule has 0 amide bonds. The number of hydrogen-bond acceptors (Lipinski definition) is 12. The van der Waals surface area contributed by atoms with E-state index in [0.29, 0.717) is 35.3 Å². The highest BCUT2D eigenvalue weighted by Crippen LogP contribution is 2.27. The second-order valence-corrected chi connectivity index (χ2v) is 19.2. The Balaban J connectivity index is 0.000000209. The quantitative estimate of drug-likeness (QED) is 0.0840. The minimum absolute atomic E-state index is 0.00806. The van der Waals surface area contributed by atoms with E-state index in [2.05, 4.69) is 24.8 Å². The van der Waals surface area contributed by atoms with E-state index in [1.165, 1.54) is 34.3 Å². The molecule has 0 saturated carbocycles. The number of benzene rings is 4. The van der Waals surface area contributed by atoms with Gasteiger partial charge in [0.25, 0.3) is 5.89 Å². The van der Waals surface area contributed by atoms with Crippen LogP contribution in [0.4, 0.5) is 20.2 Å². The van der Waals surface area contributed by atoms with Crippen LogP contribution in [0, 0.1) is 0 Å². The SMILES string of the molecule is NOC(=O)c1ccc(CN(c2ccccc2)S(=O)(=O)CCCN2CCCC2)cc1.O=S(=O)(CCCN1CCCC1)N(Cc1ccc(-c2nnc(C(F)F)o2)cc1)c1ccccc1. The molecule has 0 aliphatic carbocycles. The number of hydrogen-bond donors (Lipinski definition) is 1. The van der Waals surface area contributed by atoms with Crippen LogP contribution in [0.25, 0.3) is 11.5 Å². The van der Waals surface area contributed by atoms with Crippen molar-refractivity contribution in [2.75, 3.05) is 59.4 Å². The molecule has 0 spiro atoms. The molecular weight excluding hydrogens is 841 g/mol. The molecule has 18 heteroatoms. The Morgan fingerprint density at radius 1 is 0.661 bits per heavy atom. The molecule has 3 heterocycles. The van der Waals surface area contributed by atoms with Crippen molar-refractivity contribution in [1.29, 1.82) is 0 Å². The number of rotatable bonds is 19. The summed E-state index contributed by atoms with van der Waals surface area (Å²) < 4.78 is 86.1. The van der Waals surface area contributed by atoms with Crippen LogP contribution >= 0.6 is 0 Å². The molecule has 2 aliphatic rings. The largest absolute Gasteiger partial charge is 0.415 e. The first-order valence-electron chi connectivity index (χ1n) is 20.7. The zero-order valence-electron chi connectivity index (χ0n) is 34.5. The van der Waals surface area contributed by atoms with E-state index < -0.39 is 38.3 Å². The number of alkyl halides is 2. The van der Waals surface area contributed by atoms with E-state index >= 15 is 0 Å². The summed E-state index contributed by atoms with van der Waals surface area (Å²) in [5, 5.41) is 6.98. The molecule has 0 atom stereocenters. The standard InChI is InChI=1S/C23H26F2N4O3S.C21H27N3O4S/c24-21(25)23-27-26-22(32-23)19-11-9-18(10-12-19)17-29(20-7-2-1-3-8-20)33(30,31)16-6-15-28-13-4-5-14-28;22-28-21(25)19-11-9-18(10-12-19)17-24(20-7-2-1-3-8-20)29(26,27)16-6-15-23-13-4-5-14-23/h1-3,7-12,21H,4-6,13-17H2;1-3,7-12H,4-6,13-17,22H2. The van der Waals surface area contributed by atoms with Crippen molar-refractivity contribution in [2.24, 2.45) is 5.90 Å². The number of nitrogens with two attached hydrogens (primary N) is 1. The van der Waals surface area contributed by atoms with Gasteiger partial charge in [-0.15, -0.1) is 10.2 Å². The van der Waals surface area contributed by atoms with Gasteiger partial charge in [-0.1, -0.05) is 60.7 Å². The van der Waals surface area contributed by atoms with Gasteiger partial charge < -0.3 is 19.1 Å². The molecule has 0 unspecified atom stereocenters. The molecule has 2 fully saturated rings. The minimum atomic E-state index is -3.55. The lowest BCUT2D eigenvalue weighted by Crippen LogP contribution is -2.34. The Labute approximate surface area is 362 Å². The molecule has 2 saturated heterocycles. The van der Waals surface area contributed by atoms with Gasteiger partial charge in [-0.3, -0.25) is 8.61 Å². The van der Waals surface area contributed by atoms with Crippen molar-refractivity contribution in [3.63, 3.8) is 0 Å². The first kappa shape index (κ1) is 46.2. The van der Waals surface area contributed by atoms with Crippen LogP contribution < -0.4 is 14.5 Å². The van der Waals surface area contributed by atoms with Gasteiger partial charge in [0, 0.05) is 5.56 Å². The topological polar surface area (TPSA) is 172 Å². The van der Waals surface area contributed by atoms with Crippen LogP contribution in [0.2, 0.25) is 0 Å². The zero-order chi connectivity index (χ0) is 44.0. The van der Waals surface area contributed by atoms with Crippen LogP contribution in [0.15, 0.2) is 114 Å². The molecule has 2 aliphatic heterocycles. The predicted molar refractivity (Wildman–Crippen MR) is 234 cm³/mol. The minimum Gasteiger partial charge on any atom is -0.415 e. The highest BCUT2D eigenvalue weighted by Gasteiger charge is 2.26. The maximum atomic E-state index is 13.3. The van der Waals surface area contributed by atoms with Crippen LogP contribution in [0.3, 0.4) is 0 Å². The van der Waals surface area contributed by atoms with Gasteiger partial charge in [-0.25, -0.2) is 21.6 Å². The van der Waals surface area contributed by atoms with Gasteiger partial charge >= 0.3 is 12.4 Å². The summed E-state index contributed by atoms with van der Waals surface area (Å²) in [4.78, 5) is 20.3. The van der Waals surface area contributed by atoms with Crippen molar-refractivity contribution in [1.82, 2.24) is 20.0 Å². The van der Waals surface area contributed by atoms with E-state index in [1.54, 1.807) is 84.9 Å². The second kappa shape index (κ2) is 22.2. The van der Waals surface area contributed by atoms with Gasteiger partial charge in [0.05, 0.1) is 41.5 Å². The summed E-state index contributed by atoms with van der Waals surface area (Å²) in [6.07, 6.45) is 3.08. The molecule has 7 rings (SSSR count). The van der Waals surface area contributed by atoms with E-state index in [1.807, 2.05) is 24.3 Å². The fourth-order valence-corrected chi connectivity index (χ4v) is 10.4. The second-order valence-electron chi connectivity index (χ2n) is 15.2. The van der Waals surface area contributed by atoms with Crippen LogP contribution in [-0.4, -0.2) is 93.6 Å². The maximum Gasteiger partial charge on any atom is 0.356 e. The van der Waals surface area contributed by atoms with Gasteiger partial charge in [0.15, 0.2) is 0 Å². The number of aromatic nitrogens is 2. The number of likely N-dealkylation sites (tertiary alicyclic amines) is 2. The number of halogens is 2. The van der Waals surface area contributed by atoms with E-state index in [4.69, 9.17) is 10.3 Å². The molecule has 2 N–H and O–H groups in total. The number of nitrogens with zero attached hydrogens (tertiary/aromatic N) is 6. The Morgan fingerprint density at radius 2 is 1.10 bits per heavy atom. The van der Waals surface area contributed by atoms with Crippen LogP contribution in [0.1, 0.15) is 72.3 Å². The smallest absolute Gasteiger partial charge is 0.356 e. The average molecular weight is 894 g/mol. The van der Waals surface area contributed by atoms with Gasteiger partial charge in [-0.2, -0.15) is 14.7 Å². The molecule has 1 aromatic heterocycles. The summed E-state index contributed by atoms with van der Waals surface area (Å²) >= 11 is 0. The first-order valence-corrected chi connectivity index (χ1v) is 23.9. The third-order valence-corrected chi connectivity index (χ3v) is 14.3. The Bertz CT molecular complexity index is 2360. The highest BCUT2D eigenvalue weighted by atomic mass is 32.2. The van der Waals surface area contributed by atoms with E-state index in [0.717, 1.165) is 50.4 Å². The van der Waals surface area contributed by atoms with Crippen molar-refractivity contribution in [3.05, 3.63) is 132 Å². The first-order chi connectivity index (χ1) is 29.9. The Morgan fingerprint density at radius 3 is 1.50 bits per heavy atom. The molecule has 62 heavy (non-hydrogen) atoms. The summed E-state index contributed by atoms with van der Waals surface area (Å²) in [7, 11) is -7.05. The third-order valence-electron chi connectivity index (χ3n) is 10.7. The van der Waals surface area contributed by atoms with Crippen molar-refractivity contribution < 1.29 is 39.7 Å². The number of carbonyl (C=O) groups is 1.